The van der Waals surface area contributed by atoms with Crippen LogP contribution in [0.15, 0.2) is 41.8 Å². The number of para-hydroxylation sites is 1. The summed E-state index contributed by atoms with van der Waals surface area (Å²) in [7, 11) is -3.87. The number of aliphatic hydroxyl groups is 1. The molecule has 3 heterocycles. The number of amides is 2. The van der Waals surface area contributed by atoms with Gasteiger partial charge in [0.15, 0.2) is 0 Å². The summed E-state index contributed by atoms with van der Waals surface area (Å²) in [6.45, 7) is 0.853. The number of sulfone groups is 1. The fourth-order valence-corrected chi connectivity index (χ4v) is 4.80. The smallest absolute Gasteiger partial charge is 0.451 e. The molecule has 1 aliphatic heterocycles. The molecule has 2 amide bonds. The van der Waals surface area contributed by atoms with E-state index in [2.05, 4.69) is 25.3 Å². The van der Waals surface area contributed by atoms with Crippen LogP contribution in [0.3, 0.4) is 0 Å². The fourth-order valence-electron chi connectivity index (χ4n) is 4.29. The minimum absolute atomic E-state index is 0.0522. The molecule has 4 rings (SSSR count). The number of hydrogen-bond acceptors (Lipinski definition) is 9. The van der Waals surface area contributed by atoms with Crippen molar-refractivity contribution >= 4 is 21.6 Å². The maximum absolute atomic E-state index is 14.0. The normalized spacial score (nSPS) is 16.1. The second-order valence-corrected chi connectivity index (χ2v) is 11.7. The van der Waals surface area contributed by atoms with Crippen molar-refractivity contribution in [1.82, 2.24) is 24.8 Å². The van der Waals surface area contributed by atoms with Crippen LogP contribution < -0.4 is 10.1 Å². The van der Waals surface area contributed by atoms with Gasteiger partial charge in [-0.25, -0.2) is 36.9 Å². The first-order chi connectivity index (χ1) is 19.6. The van der Waals surface area contributed by atoms with E-state index in [1.54, 1.807) is 0 Å². The van der Waals surface area contributed by atoms with Gasteiger partial charge in [-0.2, -0.15) is 18.2 Å². The Kier molecular flexibility index (Phi) is 8.63. The van der Waals surface area contributed by atoms with Crippen molar-refractivity contribution in [3.63, 3.8) is 0 Å². The van der Waals surface area contributed by atoms with Gasteiger partial charge in [0.2, 0.25) is 26.7 Å². The number of nitrogens with zero attached hydrogens (tertiary/aromatic N) is 5. The van der Waals surface area contributed by atoms with Gasteiger partial charge in [0.1, 0.15) is 29.5 Å². The number of hydrogen-bond donors (Lipinski definition) is 2. The van der Waals surface area contributed by atoms with Crippen molar-refractivity contribution in [1.29, 1.82) is 0 Å². The van der Waals surface area contributed by atoms with Gasteiger partial charge < -0.3 is 20.1 Å². The molecule has 1 aliphatic rings. The molecule has 1 fully saturated rings. The maximum Gasteiger partial charge on any atom is 0.451 e. The van der Waals surface area contributed by atoms with Crippen molar-refractivity contribution in [2.75, 3.05) is 31.3 Å². The molecular formula is C25H25F5N6O5S. The lowest BCUT2D eigenvalue weighted by molar-refractivity contribution is -0.145. The van der Waals surface area contributed by atoms with Crippen LogP contribution in [0, 0.1) is 11.6 Å². The minimum atomic E-state index is -4.82. The van der Waals surface area contributed by atoms with Gasteiger partial charge in [0, 0.05) is 49.3 Å². The van der Waals surface area contributed by atoms with Crippen molar-refractivity contribution in [2.45, 2.75) is 42.6 Å². The molecule has 1 aromatic carbocycles. The van der Waals surface area contributed by atoms with E-state index in [0.29, 0.717) is 0 Å². The number of likely N-dealkylation sites (tertiary alicyclic amines) is 1. The van der Waals surface area contributed by atoms with Gasteiger partial charge in [-0.05, 0) is 31.9 Å². The summed E-state index contributed by atoms with van der Waals surface area (Å²) >= 11 is 0. The van der Waals surface area contributed by atoms with Gasteiger partial charge in [-0.3, -0.25) is 0 Å². The molecule has 0 bridgehead atoms. The number of carbonyl (C=O) groups excluding carboxylic acids is 1. The number of rotatable bonds is 7. The molecule has 0 radical (unpaired) electrons. The largest absolute Gasteiger partial charge is 0.474 e. The van der Waals surface area contributed by atoms with Crippen LogP contribution in [-0.2, 0) is 21.6 Å². The van der Waals surface area contributed by atoms with Crippen LogP contribution in [0.5, 0.6) is 5.88 Å². The van der Waals surface area contributed by atoms with Crippen LogP contribution in [0.2, 0.25) is 0 Å². The summed E-state index contributed by atoms with van der Waals surface area (Å²) in [4.78, 5) is 28.5. The number of alkyl halides is 3. The quantitative estimate of drug-likeness (QED) is 0.300. The monoisotopic (exact) mass is 616 g/mol. The number of aromatic nitrogens is 4. The summed E-state index contributed by atoms with van der Waals surface area (Å²) < 4.78 is 96.5. The molecule has 226 valence electrons. The highest BCUT2D eigenvalue weighted by Gasteiger charge is 2.37. The summed E-state index contributed by atoms with van der Waals surface area (Å²) in [5.41, 5.74) is -2.33. The molecular weight excluding hydrogens is 591 g/mol. The van der Waals surface area contributed by atoms with E-state index in [-0.39, 0.29) is 37.2 Å². The van der Waals surface area contributed by atoms with E-state index in [1.165, 1.54) is 11.8 Å². The van der Waals surface area contributed by atoms with E-state index < -0.39 is 74.4 Å². The van der Waals surface area contributed by atoms with Crippen LogP contribution in [-0.4, -0.2) is 70.3 Å². The van der Waals surface area contributed by atoms with Crippen molar-refractivity contribution < 1.29 is 45.0 Å². The van der Waals surface area contributed by atoms with Crippen molar-refractivity contribution in [3.8, 4) is 5.88 Å². The zero-order valence-corrected chi connectivity index (χ0v) is 23.0. The van der Waals surface area contributed by atoms with Crippen molar-refractivity contribution in [3.05, 3.63) is 65.4 Å². The van der Waals surface area contributed by atoms with E-state index in [0.717, 1.165) is 42.9 Å². The molecule has 11 nitrogen and oxygen atoms in total. The Hall–Kier alpha value is -3.99. The Labute approximate surface area is 236 Å². The van der Waals surface area contributed by atoms with Gasteiger partial charge in [-0.1, -0.05) is 6.07 Å². The van der Waals surface area contributed by atoms with Crippen LogP contribution in [0.25, 0.3) is 0 Å². The third-order valence-corrected chi connectivity index (χ3v) is 7.32. The Morgan fingerprint density at radius 2 is 1.76 bits per heavy atom. The van der Waals surface area contributed by atoms with Crippen molar-refractivity contribution in [2.24, 2.45) is 0 Å². The van der Waals surface area contributed by atoms with Crippen LogP contribution in [0.4, 0.5) is 32.4 Å². The predicted molar refractivity (Wildman–Crippen MR) is 136 cm³/mol. The average molecular weight is 617 g/mol. The molecule has 0 aliphatic carbocycles. The highest BCUT2D eigenvalue weighted by atomic mass is 32.2. The summed E-state index contributed by atoms with van der Waals surface area (Å²) in [6.07, 6.45) is -1.53. The molecule has 0 spiro atoms. The molecule has 17 heteroatoms. The molecule has 42 heavy (non-hydrogen) atoms. The molecule has 1 atom stereocenters. The Balaban J connectivity index is 1.54. The zero-order chi connectivity index (χ0) is 30.9. The first-order valence-corrected chi connectivity index (χ1v) is 14.3. The fraction of sp³-hybridized carbons (Fsp3) is 0.400. The topological polar surface area (TPSA) is 147 Å². The van der Waals surface area contributed by atoms with Crippen LogP contribution >= 0.6 is 0 Å². The summed E-state index contributed by atoms with van der Waals surface area (Å²) in [5, 5.41) is 13.0. The number of ether oxygens (including phenoxy) is 1. The number of benzene rings is 1. The van der Waals surface area contributed by atoms with Gasteiger partial charge >= 0.3 is 12.2 Å². The highest BCUT2D eigenvalue weighted by molar-refractivity contribution is 7.90. The lowest BCUT2D eigenvalue weighted by atomic mass is 9.86. The number of urea groups is 1. The summed E-state index contributed by atoms with van der Waals surface area (Å²) in [5.74, 6) is -4.29. The first kappa shape index (κ1) is 31.0. The molecule has 3 aromatic rings. The maximum atomic E-state index is 14.0. The number of halogens is 5. The molecule has 1 saturated heterocycles. The second-order valence-electron chi connectivity index (χ2n) is 9.79. The molecule has 0 saturated carbocycles. The average Bonchev–Trinajstić information content (AvgIpc) is 2.93. The highest BCUT2D eigenvalue weighted by Crippen LogP contribution is 2.35. The Morgan fingerprint density at radius 1 is 1.12 bits per heavy atom. The number of anilines is 1. The zero-order valence-electron chi connectivity index (χ0n) is 22.2. The predicted octanol–water partition coefficient (Wildman–Crippen LogP) is 3.67. The third-order valence-electron chi connectivity index (χ3n) is 6.46. The second kappa shape index (κ2) is 11.7. The van der Waals surface area contributed by atoms with E-state index >= 15 is 0 Å². The first-order valence-electron chi connectivity index (χ1n) is 12.4. The Bertz CT molecular complexity index is 1560. The third kappa shape index (κ3) is 7.07. The minimum Gasteiger partial charge on any atom is -0.474 e. The van der Waals surface area contributed by atoms with Gasteiger partial charge in [0.25, 0.3) is 0 Å². The number of nitrogens with one attached hydrogen (secondary N) is 1. The lowest BCUT2D eigenvalue weighted by Crippen LogP contribution is -2.41. The lowest BCUT2D eigenvalue weighted by Gasteiger charge is -2.34. The molecule has 1 unspecified atom stereocenters. The van der Waals surface area contributed by atoms with E-state index in [9.17, 15) is 40.3 Å². The van der Waals surface area contributed by atoms with Gasteiger partial charge in [0.05, 0.1) is 5.69 Å². The van der Waals surface area contributed by atoms with E-state index in [1.807, 2.05) is 0 Å². The number of piperidine rings is 1. The van der Waals surface area contributed by atoms with Crippen LogP contribution in [0.1, 0.15) is 42.8 Å². The van der Waals surface area contributed by atoms with Gasteiger partial charge in [-0.15, -0.1) is 0 Å². The molecule has 2 N–H and O–H groups in total. The Morgan fingerprint density at radius 3 is 2.36 bits per heavy atom. The van der Waals surface area contributed by atoms with E-state index in [4.69, 9.17) is 4.74 Å². The standard InChI is InChI=1S/C25H25F5N6O5S/c1-24(38,13-41-18-6-9-31-21(33-18)25(28,29)30)15-12-32-22(42(2,39)40)34-19(15)14-7-10-36(11-8-14)23(37)35-20-16(26)4-3-5-17(20)27/h3-6,9,12,14,38H,7-8,10-11,13H2,1-2H3,(H,35,37). The molecule has 2 aromatic heterocycles. The summed E-state index contributed by atoms with van der Waals surface area (Å²) in [6, 6.07) is 3.47. The SMILES string of the molecule is CC(O)(COc1ccnc(C(F)(F)F)n1)c1cnc(S(C)(=O)=O)nc1C1CCN(C(=O)Nc2c(F)cccc2F)CC1. The number of carbonyl (C=O) groups is 1.